The second kappa shape index (κ2) is 7.81. The Balaban J connectivity index is 2.23. The van der Waals surface area contributed by atoms with E-state index in [1.807, 2.05) is 13.8 Å². The summed E-state index contributed by atoms with van der Waals surface area (Å²) in [6, 6.07) is 5.24. The quantitative estimate of drug-likeness (QED) is 0.757. The predicted molar refractivity (Wildman–Crippen MR) is 106 cm³/mol. The molecule has 0 amide bonds. The van der Waals surface area contributed by atoms with Gasteiger partial charge in [-0.15, -0.1) is 0 Å². The van der Waals surface area contributed by atoms with Gasteiger partial charge in [-0.3, -0.25) is 4.79 Å². The second-order valence-electron chi connectivity index (χ2n) is 7.92. The molecule has 0 aromatic heterocycles. The molecule has 0 radical (unpaired) electrons. The minimum absolute atomic E-state index is 0.0458. The zero-order chi connectivity index (χ0) is 21.3. The normalized spacial score (nSPS) is 20.7. The number of esters is 1. The molecule has 1 heterocycles. The number of ketones is 1. The Labute approximate surface area is 170 Å². The summed E-state index contributed by atoms with van der Waals surface area (Å²) < 4.78 is 21.8. The first-order chi connectivity index (χ1) is 13.7. The molecule has 29 heavy (non-hydrogen) atoms. The van der Waals surface area contributed by atoms with Gasteiger partial charge in [0.25, 0.3) is 0 Å². The SMILES string of the molecule is CCOC(=O)C1=C(N)OC2=C(C(=O)CC(C)(C)C2)[C@@H]1c1ccc(OC)cc1OC. The Hall–Kier alpha value is -2.96. The Morgan fingerprint density at radius 2 is 1.97 bits per heavy atom. The topological polar surface area (TPSA) is 97.1 Å². The molecule has 0 unspecified atom stereocenters. The molecular formula is C22H27NO6. The van der Waals surface area contributed by atoms with Gasteiger partial charge in [-0.25, -0.2) is 4.79 Å². The minimum atomic E-state index is -0.734. The van der Waals surface area contributed by atoms with Crippen LogP contribution >= 0.6 is 0 Å². The molecule has 1 aromatic carbocycles. The number of carbonyl (C=O) groups excluding carboxylic acids is 2. The standard InChI is InChI=1S/C22H27NO6/c1-6-28-21(25)19-17(13-8-7-12(26-4)9-15(13)27-5)18-14(24)10-22(2,3)11-16(18)29-20(19)23/h7-9,17H,6,10-11,23H2,1-5H3/t17-/m0/s1. The fourth-order valence-electron chi connectivity index (χ4n) is 3.96. The van der Waals surface area contributed by atoms with Crippen molar-refractivity contribution in [2.75, 3.05) is 20.8 Å². The van der Waals surface area contributed by atoms with Gasteiger partial charge in [0.05, 0.1) is 26.7 Å². The summed E-state index contributed by atoms with van der Waals surface area (Å²) >= 11 is 0. The van der Waals surface area contributed by atoms with Gasteiger partial charge in [0.2, 0.25) is 5.88 Å². The van der Waals surface area contributed by atoms with E-state index in [1.54, 1.807) is 32.2 Å². The van der Waals surface area contributed by atoms with E-state index in [2.05, 4.69) is 0 Å². The van der Waals surface area contributed by atoms with E-state index < -0.39 is 11.9 Å². The number of Topliss-reactive ketones (excluding diaryl/α,β-unsaturated/α-hetero) is 1. The third kappa shape index (κ3) is 3.81. The molecule has 2 N–H and O–H groups in total. The molecular weight excluding hydrogens is 374 g/mol. The van der Waals surface area contributed by atoms with E-state index in [-0.39, 0.29) is 29.3 Å². The highest BCUT2D eigenvalue weighted by molar-refractivity contribution is 6.03. The van der Waals surface area contributed by atoms with E-state index in [0.29, 0.717) is 41.2 Å². The van der Waals surface area contributed by atoms with E-state index in [0.717, 1.165) is 0 Å². The van der Waals surface area contributed by atoms with E-state index in [4.69, 9.17) is 24.7 Å². The number of methoxy groups -OCH3 is 2. The van der Waals surface area contributed by atoms with Crippen molar-refractivity contribution in [1.82, 2.24) is 0 Å². The monoisotopic (exact) mass is 401 g/mol. The van der Waals surface area contributed by atoms with Crippen molar-refractivity contribution in [3.05, 3.63) is 46.6 Å². The van der Waals surface area contributed by atoms with Gasteiger partial charge in [-0.1, -0.05) is 19.9 Å². The second-order valence-corrected chi connectivity index (χ2v) is 7.92. The number of carbonyl (C=O) groups is 2. The van der Waals surface area contributed by atoms with Gasteiger partial charge >= 0.3 is 5.97 Å². The van der Waals surface area contributed by atoms with Gasteiger partial charge in [-0.05, 0) is 18.4 Å². The lowest BCUT2D eigenvalue weighted by Gasteiger charge is -2.38. The summed E-state index contributed by atoms with van der Waals surface area (Å²) in [4.78, 5) is 25.9. The Kier molecular flexibility index (Phi) is 5.59. The maximum absolute atomic E-state index is 13.2. The van der Waals surface area contributed by atoms with Crippen molar-refractivity contribution in [2.24, 2.45) is 11.1 Å². The van der Waals surface area contributed by atoms with Crippen LogP contribution in [0.5, 0.6) is 11.5 Å². The molecule has 3 rings (SSSR count). The highest BCUT2D eigenvalue weighted by Crippen LogP contribution is 2.50. The zero-order valence-corrected chi connectivity index (χ0v) is 17.5. The minimum Gasteiger partial charge on any atom is -0.497 e. The molecule has 0 bridgehead atoms. The molecule has 0 saturated heterocycles. The van der Waals surface area contributed by atoms with Crippen LogP contribution < -0.4 is 15.2 Å². The van der Waals surface area contributed by atoms with Crippen LogP contribution in [0.1, 0.15) is 45.1 Å². The van der Waals surface area contributed by atoms with Gasteiger partial charge in [-0.2, -0.15) is 0 Å². The summed E-state index contributed by atoms with van der Waals surface area (Å²) in [5.41, 5.74) is 7.09. The average molecular weight is 401 g/mol. The first-order valence-corrected chi connectivity index (χ1v) is 9.55. The van der Waals surface area contributed by atoms with Crippen LogP contribution in [-0.4, -0.2) is 32.6 Å². The lowest BCUT2D eigenvalue weighted by Crippen LogP contribution is -2.35. The summed E-state index contributed by atoms with van der Waals surface area (Å²) in [5, 5.41) is 0. The average Bonchev–Trinajstić information content (AvgIpc) is 2.65. The molecule has 1 aliphatic carbocycles. The van der Waals surface area contributed by atoms with Crippen LogP contribution in [0.25, 0.3) is 0 Å². The molecule has 0 spiro atoms. The molecule has 1 aliphatic heterocycles. The van der Waals surface area contributed by atoms with Crippen LogP contribution in [-0.2, 0) is 19.1 Å². The van der Waals surface area contributed by atoms with Crippen LogP contribution in [0.3, 0.4) is 0 Å². The van der Waals surface area contributed by atoms with Gasteiger partial charge in [0.15, 0.2) is 5.78 Å². The van der Waals surface area contributed by atoms with Crippen molar-refractivity contribution in [3.8, 4) is 11.5 Å². The maximum atomic E-state index is 13.2. The van der Waals surface area contributed by atoms with Gasteiger partial charge < -0.3 is 24.7 Å². The van der Waals surface area contributed by atoms with Crippen molar-refractivity contribution >= 4 is 11.8 Å². The smallest absolute Gasteiger partial charge is 0.340 e. The third-order valence-corrected chi connectivity index (χ3v) is 5.20. The van der Waals surface area contributed by atoms with E-state index >= 15 is 0 Å². The predicted octanol–water partition coefficient (Wildman–Crippen LogP) is 3.19. The Morgan fingerprint density at radius 1 is 1.24 bits per heavy atom. The van der Waals surface area contributed by atoms with Crippen molar-refractivity contribution in [2.45, 2.75) is 39.5 Å². The highest BCUT2D eigenvalue weighted by atomic mass is 16.5. The lowest BCUT2D eigenvalue weighted by molar-refractivity contribution is -0.139. The van der Waals surface area contributed by atoms with Gasteiger partial charge in [0, 0.05) is 30.0 Å². The first kappa shape index (κ1) is 20.8. The van der Waals surface area contributed by atoms with Crippen molar-refractivity contribution in [1.29, 1.82) is 0 Å². The molecule has 1 atom stereocenters. The fourth-order valence-corrected chi connectivity index (χ4v) is 3.96. The summed E-state index contributed by atoms with van der Waals surface area (Å²) in [6.45, 7) is 5.89. The molecule has 156 valence electrons. The number of hydrogen-bond donors (Lipinski definition) is 1. The molecule has 2 aliphatic rings. The van der Waals surface area contributed by atoms with Crippen LogP contribution in [0.4, 0.5) is 0 Å². The maximum Gasteiger partial charge on any atom is 0.340 e. The molecule has 7 nitrogen and oxygen atoms in total. The molecule has 1 aromatic rings. The van der Waals surface area contributed by atoms with Crippen LogP contribution in [0.15, 0.2) is 41.0 Å². The third-order valence-electron chi connectivity index (χ3n) is 5.20. The first-order valence-electron chi connectivity index (χ1n) is 9.55. The fraction of sp³-hybridized carbons (Fsp3) is 0.455. The van der Waals surface area contributed by atoms with Crippen molar-refractivity contribution < 1.29 is 28.5 Å². The Morgan fingerprint density at radius 3 is 2.59 bits per heavy atom. The van der Waals surface area contributed by atoms with E-state index in [1.165, 1.54) is 7.11 Å². The lowest BCUT2D eigenvalue weighted by atomic mass is 9.70. The molecule has 0 fully saturated rings. The highest BCUT2D eigenvalue weighted by Gasteiger charge is 2.45. The summed E-state index contributed by atoms with van der Waals surface area (Å²) in [5.74, 6) is 0.107. The number of hydrogen-bond acceptors (Lipinski definition) is 7. The number of ether oxygens (including phenoxy) is 4. The summed E-state index contributed by atoms with van der Waals surface area (Å²) in [7, 11) is 3.08. The molecule has 7 heteroatoms. The van der Waals surface area contributed by atoms with Crippen LogP contribution in [0, 0.1) is 5.41 Å². The number of benzene rings is 1. The number of nitrogens with two attached hydrogens (primary N) is 1. The number of allylic oxidation sites excluding steroid dienone is 2. The largest absolute Gasteiger partial charge is 0.497 e. The summed E-state index contributed by atoms with van der Waals surface area (Å²) in [6.07, 6.45) is 0.889. The molecule has 0 saturated carbocycles. The zero-order valence-electron chi connectivity index (χ0n) is 17.5. The number of rotatable bonds is 5. The van der Waals surface area contributed by atoms with Gasteiger partial charge in [0.1, 0.15) is 22.8 Å². The van der Waals surface area contributed by atoms with E-state index in [9.17, 15) is 9.59 Å². The van der Waals surface area contributed by atoms with Crippen molar-refractivity contribution in [3.63, 3.8) is 0 Å². The Bertz CT molecular complexity index is 912. The van der Waals surface area contributed by atoms with Crippen LogP contribution in [0.2, 0.25) is 0 Å².